The van der Waals surface area contributed by atoms with E-state index < -0.39 is 23.6 Å². The Morgan fingerprint density at radius 3 is 2.65 bits per heavy atom. The van der Waals surface area contributed by atoms with E-state index in [-0.39, 0.29) is 17.0 Å². The number of rotatable bonds is 2. The maximum atomic E-state index is 13.2. The van der Waals surface area contributed by atoms with Crippen LogP contribution in [-0.4, -0.2) is 23.8 Å². The quantitative estimate of drug-likeness (QED) is 0.515. The van der Waals surface area contributed by atoms with E-state index in [1.54, 1.807) is 11.9 Å². The Hall–Kier alpha value is -2.31. The molecule has 34 heavy (non-hydrogen) atoms. The van der Waals surface area contributed by atoms with Crippen LogP contribution in [0.1, 0.15) is 64.4 Å². The van der Waals surface area contributed by atoms with Crippen LogP contribution in [0, 0.1) is 34.5 Å². The van der Waals surface area contributed by atoms with E-state index in [1.807, 2.05) is 0 Å². The molecule has 6 atom stereocenters. The molecule has 184 valence electrons. The number of nitrogens with one attached hydrogen (secondary N) is 1. The molecule has 1 aliphatic heterocycles. The van der Waals surface area contributed by atoms with Crippen molar-refractivity contribution in [2.45, 2.75) is 65.0 Å². The molecule has 1 aromatic carbocycles. The summed E-state index contributed by atoms with van der Waals surface area (Å²) in [5.74, 6) is -0.0846. The predicted molar refractivity (Wildman–Crippen MR) is 123 cm³/mol. The number of carbonyl (C=O) groups excluding carboxylic acids is 2. The number of amides is 2. The van der Waals surface area contributed by atoms with Gasteiger partial charge in [-0.15, -0.1) is 0 Å². The summed E-state index contributed by atoms with van der Waals surface area (Å²) in [6.45, 7) is 4.63. The second kappa shape index (κ2) is 7.85. The number of hydrogen-bond acceptors (Lipinski definition) is 2. The first-order chi connectivity index (χ1) is 15.9. The first kappa shape index (κ1) is 23.4. The normalized spacial score (nSPS) is 37.4. The fourth-order valence-corrected chi connectivity index (χ4v) is 7.92. The van der Waals surface area contributed by atoms with Gasteiger partial charge in [0.15, 0.2) is 0 Å². The minimum atomic E-state index is -4.50. The molecule has 0 spiro atoms. The van der Waals surface area contributed by atoms with Crippen molar-refractivity contribution in [2.24, 2.45) is 34.5 Å². The van der Waals surface area contributed by atoms with E-state index in [2.05, 4.69) is 25.2 Å². The van der Waals surface area contributed by atoms with E-state index in [4.69, 9.17) is 0 Å². The summed E-state index contributed by atoms with van der Waals surface area (Å²) in [7, 11) is 1.74. The Balaban J connectivity index is 1.41. The highest BCUT2D eigenvalue weighted by Gasteiger charge is 2.59. The number of nitrogens with zero attached hydrogens (tertiary/aromatic N) is 1. The zero-order valence-electron chi connectivity index (χ0n) is 20.0. The van der Waals surface area contributed by atoms with Crippen molar-refractivity contribution in [2.75, 3.05) is 12.4 Å². The van der Waals surface area contributed by atoms with Crippen LogP contribution in [0.25, 0.3) is 0 Å². The van der Waals surface area contributed by atoms with Gasteiger partial charge in [-0.2, -0.15) is 13.2 Å². The van der Waals surface area contributed by atoms with Crippen LogP contribution >= 0.6 is 0 Å². The number of likely N-dealkylation sites (tertiary alicyclic amines) is 1. The third-order valence-electron chi connectivity index (χ3n) is 9.60. The summed E-state index contributed by atoms with van der Waals surface area (Å²) in [5, 5.41) is 2.60. The summed E-state index contributed by atoms with van der Waals surface area (Å²) >= 11 is 0. The number of alkyl halides is 3. The van der Waals surface area contributed by atoms with Gasteiger partial charge in [0.1, 0.15) is 5.92 Å². The average Bonchev–Trinajstić information content (AvgIpc) is 3.18. The SMILES string of the molecule is CN1C(=O)C(C(=O)Nc2cccc(C(F)(F)F)c2)C[C@@]2(C)C1=CC[C@@H]1[C@H]2CC[C@]2(C)CCC[C@@H]12. The Morgan fingerprint density at radius 2 is 1.91 bits per heavy atom. The van der Waals surface area contributed by atoms with Crippen LogP contribution in [0.2, 0.25) is 0 Å². The Kier molecular flexibility index (Phi) is 5.41. The van der Waals surface area contributed by atoms with Gasteiger partial charge in [-0.25, -0.2) is 0 Å². The maximum absolute atomic E-state index is 13.2. The summed E-state index contributed by atoms with van der Waals surface area (Å²) in [6.07, 6.45) is 5.20. The molecule has 1 aromatic rings. The number of allylic oxidation sites excluding steroid dienone is 2. The highest BCUT2D eigenvalue weighted by atomic mass is 19.4. The van der Waals surface area contributed by atoms with Crippen LogP contribution in [0.15, 0.2) is 36.0 Å². The number of anilines is 1. The van der Waals surface area contributed by atoms with Gasteiger partial charge in [0.2, 0.25) is 11.8 Å². The van der Waals surface area contributed by atoms with Gasteiger partial charge >= 0.3 is 6.18 Å². The van der Waals surface area contributed by atoms with Gasteiger partial charge in [0.25, 0.3) is 0 Å². The summed E-state index contributed by atoms with van der Waals surface area (Å²) in [6, 6.07) is 4.58. The fraction of sp³-hybridized carbons (Fsp3) is 0.630. The van der Waals surface area contributed by atoms with Gasteiger partial charge in [-0.3, -0.25) is 9.59 Å². The second-order valence-corrected chi connectivity index (χ2v) is 11.4. The fourth-order valence-electron chi connectivity index (χ4n) is 7.92. The van der Waals surface area contributed by atoms with Gasteiger partial charge in [-0.05, 0) is 79.9 Å². The lowest BCUT2D eigenvalue weighted by atomic mass is 9.49. The van der Waals surface area contributed by atoms with Crippen molar-refractivity contribution < 1.29 is 22.8 Å². The first-order valence-electron chi connectivity index (χ1n) is 12.4. The Bertz CT molecular complexity index is 1050. The second-order valence-electron chi connectivity index (χ2n) is 11.4. The van der Waals surface area contributed by atoms with Crippen molar-refractivity contribution >= 4 is 17.5 Å². The number of halogens is 3. The summed E-state index contributed by atoms with van der Waals surface area (Å²) in [5.41, 5.74) is 0.350. The lowest BCUT2D eigenvalue weighted by Gasteiger charge is -2.58. The first-order valence-corrected chi connectivity index (χ1v) is 12.4. The largest absolute Gasteiger partial charge is 0.416 e. The third-order valence-corrected chi connectivity index (χ3v) is 9.60. The van der Waals surface area contributed by atoms with Gasteiger partial charge < -0.3 is 10.2 Å². The van der Waals surface area contributed by atoms with Crippen LogP contribution in [0.3, 0.4) is 0 Å². The molecule has 7 heteroatoms. The molecule has 0 bridgehead atoms. The molecule has 1 saturated heterocycles. The van der Waals surface area contributed by atoms with E-state index in [1.165, 1.54) is 37.8 Å². The smallest absolute Gasteiger partial charge is 0.325 e. The zero-order valence-corrected chi connectivity index (χ0v) is 20.0. The van der Waals surface area contributed by atoms with Crippen LogP contribution in [0.5, 0.6) is 0 Å². The molecule has 1 heterocycles. The van der Waals surface area contributed by atoms with Gasteiger partial charge in [-0.1, -0.05) is 32.4 Å². The van der Waals surface area contributed by atoms with Gasteiger partial charge in [0.05, 0.1) is 5.56 Å². The Morgan fingerprint density at radius 1 is 1.15 bits per heavy atom. The van der Waals surface area contributed by atoms with Crippen molar-refractivity contribution in [3.05, 3.63) is 41.6 Å². The van der Waals surface area contributed by atoms with E-state index in [9.17, 15) is 22.8 Å². The molecule has 4 aliphatic rings. The maximum Gasteiger partial charge on any atom is 0.416 e. The van der Waals surface area contributed by atoms with Crippen molar-refractivity contribution in [3.8, 4) is 0 Å². The number of piperidine rings is 1. The molecular formula is C27H33F3N2O2. The highest BCUT2D eigenvalue weighted by molar-refractivity contribution is 6.07. The molecule has 3 fully saturated rings. The molecule has 3 aliphatic carbocycles. The van der Waals surface area contributed by atoms with Crippen molar-refractivity contribution in [1.29, 1.82) is 0 Å². The van der Waals surface area contributed by atoms with Crippen LogP contribution < -0.4 is 5.32 Å². The lowest BCUT2D eigenvalue weighted by Crippen LogP contribution is -2.57. The molecule has 5 rings (SSSR count). The predicted octanol–water partition coefficient (Wildman–Crippen LogP) is 6.25. The number of carbonyl (C=O) groups is 2. The number of hydrogen-bond donors (Lipinski definition) is 1. The summed E-state index contributed by atoms with van der Waals surface area (Å²) in [4.78, 5) is 28.1. The van der Waals surface area contributed by atoms with Crippen molar-refractivity contribution in [3.63, 3.8) is 0 Å². The van der Waals surface area contributed by atoms with Crippen LogP contribution in [-0.2, 0) is 15.8 Å². The third kappa shape index (κ3) is 3.57. The molecule has 0 radical (unpaired) electrons. The monoisotopic (exact) mass is 474 g/mol. The average molecular weight is 475 g/mol. The standard InChI is InChI=1S/C27H33F3N2O2/c1-25-12-5-8-20(25)18-9-10-22-26(2,21(18)11-13-25)15-19(24(34)32(22)3)23(33)31-17-7-4-6-16(14-17)27(28,29)30/h4,6-7,10,14,18-21H,5,8-9,11-13,15H2,1-3H3,(H,31,33)/t18-,19?,20-,21+,25-,26+/m0/s1. The molecule has 2 saturated carbocycles. The van der Waals surface area contributed by atoms with E-state index in [0.29, 0.717) is 29.6 Å². The molecule has 0 aromatic heterocycles. The van der Waals surface area contributed by atoms with E-state index in [0.717, 1.165) is 30.7 Å². The van der Waals surface area contributed by atoms with Crippen molar-refractivity contribution in [1.82, 2.24) is 4.90 Å². The number of benzene rings is 1. The molecule has 2 amide bonds. The minimum Gasteiger partial charge on any atom is -0.325 e. The number of fused-ring (bicyclic) bond motifs is 5. The zero-order chi connectivity index (χ0) is 24.5. The molecule has 1 unspecified atom stereocenters. The molecule has 4 nitrogen and oxygen atoms in total. The van der Waals surface area contributed by atoms with E-state index >= 15 is 0 Å². The minimum absolute atomic E-state index is 0.0580. The molecule has 1 N–H and O–H groups in total. The van der Waals surface area contributed by atoms with Crippen LogP contribution in [0.4, 0.5) is 18.9 Å². The molecular weight excluding hydrogens is 441 g/mol. The lowest BCUT2D eigenvalue weighted by molar-refractivity contribution is -0.147. The Labute approximate surface area is 199 Å². The highest BCUT2D eigenvalue weighted by Crippen LogP contribution is 2.64. The topological polar surface area (TPSA) is 49.4 Å². The van der Waals surface area contributed by atoms with Gasteiger partial charge in [0, 0.05) is 23.8 Å². The summed E-state index contributed by atoms with van der Waals surface area (Å²) < 4.78 is 39.3.